The number of carbonyl (C=O) groups excluding carboxylic acids is 2. The lowest BCUT2D eigenvalue weighted by atomic mass is 9.90. The van der Waals surface area contributed by atoms with E-state index in [0.29, 0.717) is 23.5 Å². The first kappa shape index (κ1) is 15.1. The van der Waals surface area contributed by atoms with Gasteiger partial charge in [0.05, 0.1) is 12.2 Å². The van der Waals surface area contributed by atoms with Crippen LogP contribution in [0.4, 0.5) is 0 Å². The second-order valence-electron chi connectivity index (χ2n) is 5.66. The van der Waals surface area contributed by atoms with Crippen LogP contribution in [0.3, 0.4) is 0 Å². The van der Waals surface area contributed by atoms with Crippen LogP contribution in [0.5, 0.6) is 5.75 Å². The van der Waals surface area contributed by atoms with Crippen molar-refractivity contribution in [3.05, 3.63) is 64.2 Å². The van der Waals surface area contributed by atoms with Crippen LogP contribution < -0.4 is 15.8 Å². The largest absolute Gasteiger partial charge is 0.491 e. The number of hydrogen-bond acceptors (Lipinski definition) is 3. The summed E-state index contributed by atoms with van der Waals surface area (Å²) in [5.41, 5.74) is 9.14. The number of nitrogens with two attached hydrogens (primary N) is 1. The predicted molar refractivity (Wildman–Crippen MR) is 86.9 cm³/mol. The molecule has 0 spiro atoms. The van der Waals surface area contributed by atoms with Gasteiger partial charge in [0, 0.05) is 24.1 Å². The Balaban J connectivity index is 2.14. The standard InChI is InChI=1S/C18H18N2O3/c1-10-3-5-11(6-4-10)15-9-23-16-13(15)7-12(17(19)21)8-14(16)18(22)20-2/h3-8,15H,9H2,1-2H3,(H2,19,21)(H,20,22). The Labute approximate surface area is 134 Å². The molecule has 1 aliphatic heterocycles. The Hall–Kier alpha value is -2.82. The summed E-state index contributed by atoms with van der Waals surface area (Å²) in [6.45, 7) is 2.46. The summed E-state index contributed by atoms with van der Waals surface area (Å²) >= 11 is 0. The number of fused-ring (bicyclic) bond motifs is 1. The summed E-state index contributed by atoms with van der Waals surface area (Å²) in [5, 5.41) is 2.57. The maximum Gasteiger partial charge on any atom is 0.254 e. The van der Waals surface area contributed by atoms with Crippen LogP contribution in [0, 0.1) is 6.92 Å². The third-order valence-corrected chi connectivity index (χ3v) is 4.12. The smallest absolute Gasteiger partial charge is 0.254 e. The first-order chi connectivity index (χ1) is 11.0. The van der Waals surface area contributed by atoms with Crippen molar-refractivity contribution < 1.29 is 14.3 Å². The van der Waals surface area contributed by atoms with Crippen molar-refractivity contribution >= 4 is 11.8 Å². The van der Waals surface area contributed by atoms with Gasteiger partial charge in [0.2, 0.25) is 5.91 Å². The lowest BCUT2D eigenvalue weighted by Crippen LogP contribution is -2.20. The Bertz CT molecular complexity index is 782. The van der Waals surface area contributed by atoms with E-state index in [2.05, 4.69) is 5.32 Å². The van der Waals surface area contributed by atoms with Gasteiger partial charge in [-0.05, 0) is 24.6 Å². The Morgan fingerprint density at radius 3 is 2.52 bits per heavy atom. The molecule has 1 unspecified atom stereocenters. The molecule has 5 nitrogen and oxygen atoms in total. The molecule has 1 atom stereocenters. The fourth-order valence-electron chi connectivity index (χ4n) is 2.85. The van der Waals surface area contributed by atoms with Crippen LogP contribution in [0.2, 0.25) is 0 Å². The molecule has 0 aliphatic carbocycles. The second kappa shape index (κ2) is 5.76. The second-order valence-corrected chi connectivity index (χ2v) is 5.66. The van der Waals surface area contributed by atoms with Gasteiger partial charge in [0.1, 0.15) is 5.75 Å². The van der Waals surface area contributed by atoms with Gasteiger partial charge in [-0.25, -0.2) is 0 Å². The number of rotatable bonds is 3. The van der Waals surface area contributed by atoms with Gasteiger partial charge in [-0.1, -0.05) is 29.8 Å². The zero-order valence-electron chi connectivity index (χ0n) is 13.1. The number of ether oxygens (including phenoxy) is 1. The molecule has 118 valence electrons. The van der Waals surface area contributed by atoms with Crippen molar-refractivity contribution in [2.75, 3.05) is 13.7 Å². The molecule has 1 heterocycles. The van der Waals surface area contributed by atoms with Crippen LogP contribution in [0.1, 0.15) is 43.3 Å². The Morgan fingerprint density at radius 1 is 1.22 bits per heavy atom. The fraction of sp³-hybridized carbons (Fsp3) is 0.222. The van der Waals surface area contributed by atoms with Gasteiger partial charge in [0.15, 0.2) is 0 Å². The minimum absolute atomic E-state index is 0.0201. The topological polar surface area (TPSA) is 81.4 Å². The molecule has 1 aliphatic rings. The molecule has 0 saturated carbocycles. The normalized spacial score (nSPS) is 15.7. The van der Waals surface area contributed by atoms with E-state index in [4.69, 9.17) is 10.5 Å². The van der Waals surface area contributed by atoms with Crippen molar-refractivity contribution in [1.82, 2.24) is 5.32 Å². The Kier molecular flexibility index (Phi) is 3.78. The lowest BCUT2D eigenvalue weighted by Gasteiger charge is -2.12. The number of nitrogens with one attached hydrogen (secondary N) is 1. The van der Waals surface area contributed by atoms with Crippen LogP contribution in [-0.2, 0) is 0 Å². The number of amides is 2. The molecule has 0 aromatic heterocycles. The van der Waals surface area contributed by atoms with Gasteiger partial charge in [-0.2, -0.15) is 0 Å². The summed E-state index contributed by atoms with van der Waals surface area (Å²) in [5.74, 6) is -0.352. The molecule has 0 saturated heterocycles. The third kappa shape index (κ3) is 2.65. The van der Waals surface area contributed by atoms with Crippen molar-refractivity contribution in [1.29, 1.82) is 0 Å². The summed E-state index contributed by atoms with van der Waals surface area (Å²) in [6.07, 6.45) is 0. The fourth-order valence-corrected chi connectivity index (χ4v) is 2.85. The monoisotopic (exact) mass is 310 g/mol. The lowest BCUT2D eigenvalue weighted by molar-refractivity contribution is 0.0960. The highest BCUT2D eigenvalue weighted by molar-refractivity contribution is 6.02. The molecule has 3 N–H and O–H groups in total. The number of aryl methyl sites for hydroxylation is 1. The zero-order valence-corrected chi connectivity index (χ0v) is 13.1. The van der Waals surface area contributed by atoms with Gasteiger partial charge in [-0.15, -0.1) is 0 Å². The van der Waals surface area contributed by atoms with Crippen LogP contribution in [0.25, 0.3) is 0 Å². The molecular weight excluding hydrogens is 292 g/mol. The van der Waals surface area contributed by atoms with Crippen molar-refractivity contribution in [2.45, 2.75) is 12.8 Å². The van der Waals surface area contributed by atoms with Crippen molar-refractivity contribution in [3.8, 4) is 5.75 Å². The first-order valence-electron chi connectivity index (χ1n) is 7.40. The molecule has 3 rings (SSSR count). The molecule has 23 heavy (non-hydrogen) atoms. The zero-order chi connectivity index (χ0) is 16.6. The summed E-state index contributed by atoms with van der Waals surface area (Å²) in [7, 11) is 1.54. The number of benzene rings is 2. The van der Waals surface area contributed by atoms with Gasteiger partial charge in [-0.3, -0.25) is 9.59 Å². The van der Waals surface area contributed by atoms with Gasteiger partial charge in [0.25, 0.3) is 5.91 Å². The molecule has 2 aromatic rings. The Morgan fingerprint density at radius 2 is 1.91 bits per heavy atom. The molecule has 5 heteroatoms. The van der Waals surface area contributed by atoms with Crippen LogP contribution in [-0.4, -0.2) is 25.5 Å². The van der Waals surface area contributed by atoms with E-state index in [-0.39, 0.29) is 11.8 Å². The predicted octanol–water partition coefficient (Wildman–Crippen LogP) is 1.98. The highest BCUT2D eigenvalue weighted by atomic mass is 16.5. The van der Waals surface area contributed by atoms with E-state index >= 15 is 0 Å². The highest BCUT2D eigenvalue weighted by Gasteiger charge is 2.31. The summed E-state index contributed by atoms with van der Waals surface area (Å²) < 4.78 is 5.77. The quantitative estimate of drug-likeness (QED) is 0.909. The average molecular weight is 310 g/mol. The van der Waals surface area contributed by atoms with Crippen LogP contribution in [0.15, 0.2) is 36.4 Å². The molecule has 2 aromatic carbocycles. The van der Waals surface area contributed by atoms with E-state index in [1.807, 2.05) is 31.2 Å². The molecule has 0 bridgehead atoms. The average Bonchev–Trinajstić information content (AvgIpc) is 2.97. The first-order valence-corrected chi connectivity index (χ1v) is 7.40. The van der Waals surface area contributed by atoms with E-state index < -0.39 is 5.91 Å². The summed E-state index contributed by atoms with van der Waals surface area (Å²) in [6, 6.07) is 11.3. The van der Waals surface area contributed by atoms with E-state index in [0.717, 1.165) is 11.1 Å². The SMILES string of the molecule is CNC(=O)c1cc(C(N)=O)cc2c1OCC2c1ccc(C)cc1. The molecular formula is C18H18N2O3. The highest BCUT2D eigenvalue weighted by Crippen LogP contribution is 2.41. The number of hydrogen-bond donors (Lipinski definition) is 2. The van der Waals surface area contributed by atoms with E-state index in [9.17, 15) is 9.59 Å². The van der Waals surface area contributed by atoms with Gasteiger partial charge >= 0.3 is 0 Å². The molecule has 0 radical (unpaired) electrons. The maximum atomic E-state index is 12.1. The van der Waals surface area contributed by atoms with E-state index in [1.54, 1.807) is 6.07 Å². The maximum absolute atomic E-state index is 12.1. The van der Waals surface area contributed by atoms with Crippen molar-refractivity contribution in [3.63, 3.8) is 0 Å². The minimum Gasteiger partial charge on any atom is -0.491 e. The van der Waals surface area contributed by atoms with Crippen LogP contribution >= 0.6 is 0 Å². The number of carbonyl (C=O) groups is 2. The number of primary amides is 1. The van der Waals surface area contributed by atoms with Gasteiger partial charge < -0.3 is 15.8 Å². The third-order valence-electron chi connectivity index (χ3n) is 4.12. The molecule has 0 fully saturated rings. The summed E-state index contributed by atoms with van der Waals surface area (Å²) in [4.78, 5) is 23.7. The molecule has 2 amide bonds. The van der Waals surface area contributed by atoms with Crippen molar-refractivity contribution in [2.24, 2.45) is 5.73 Å². The minimum atomic E-state index is -0.562. The van der Waals surface area contributed by atoms with E-state index in [1.165, 1.54) is 18.7 Å².